The molecule has 1 heterocycles. The summed E-state index contributed by atoms with van der Waals surface area (Å²) in [7, 11) is 0. The zero-order valence-corrected chi connectivity index (χ0v) is 12.3. The van der Waals surface area contributed by atoms with Crippen LogP contribution < -0.4 is 10.6 Å². The van der Waals surface area contributed by atoms with Crippen LogP contribution in [0.2, 0.25) is 0 Å². The van der Waals surface area contributed by atoms with Crippen molar-refractivity contribution in [2.75, 3.05) is 6.54 Å². The van der Waals surface area contributed by atoms with Gasteiger partial charge in [-0.1, -0.05) is 35.5 Å². The number of amides is 1. The lowest BCUT2D eigenvalue weighted by molar-refractivity contribution is -0.120. The van der Waals surface area contributed by atoms with Gasteiger partial charge in [0, 0.05) is 12.5 Å². The predicted molar refractivity (Wildman–Crippen MR) is 78.5 cm³/mol. The lowest BCUT2D eigenvalue weighted by Gasteiger charge is -2.07. The maximum absolute atomic E-state index is 11.4. The van der Waals surface area contributed by atoms with Crippen molar-refractivity contribution >= 4 is 5.91 Å². The SMILES string of the molecule is CC(C)NC(=O)CNCc1nc(Cc2ccccc2)no1. The molecule has 0 aliphatic heterocycles. The number of hydrogen-bond acceptors (Lipinski definition) is 5. The Bertz CT molecular complexity index is 566. The van der Waals surface area contributed by atoms with E-state index in [1.807, 2.05) is 44.2 Å². The minimum absolute atomic E-state index is 0.0472. The highest BCUT2D eigenvalue weighted by molar-refractivity contribution is 5.78. The van der Waals surface area contributed by atoms with E-state index in [1.54, 1.807) is 0 Å². The first-order chi connectivity index (χ1) is 10.1. The van der Waals surface area contributed by atoms with Crippen molar-refractivity contribution in [1.82, 2.24) is 20.8 Å². The molecule has 0 unspecified atom stereocenters. The Morgan fingerprint density at radius 3 is 2.76 bits per heavy atom. The molecule has 0 saturated carbocycles. The summed E-state index contributed by atoms with van der Waals surface area (Å²) in [5.41, 5.74) is 1.13. The average Bonchev–Trinajstić information content (AvgIpc) is 2.86. The summed E-state index contributed by atoms with van der Waals surface area (Å²) in [6.45, 7) is 4.46. The number of nitrogens with one attached hydrogen (secondary N) is 2. The molecule has 0 fully saturated rings. The molecule has 0 saturated heterocycles. The minimum atomic E-state index is -0.0472. The molecule has 6 heteroatoms. The highest BCUT2D eigenvalue weighted by Crippen LogP contribution is 2.06. The van der Waals surface area contributed by atoms with Gasteiger partial charge < -0.3 is 9.84 Å². The molecular weight excluding hydrogens is 268 g/mol. The van der Waals surface area contributed by atoms with E-state index in [4.69, 9.17) is 4.52 Å². The third kappa shape index (κ3) is 5.35. The molecule has 1 amide bonds. The van der Waals surface area contributed by atoms with E-state index in [0.717, 1.165) is 5.56 Å². The summed E-state index contributed by atoms with van der Waals surface area (Å²) in [4.78, 5) is 15.7. The van der Waals surface area contributed by atoms with Gasteiger partial charge >= 0.3 is 0 Å². The smallest absolute Gasteiger partial charge is 0.240 e. The standard InChI is InChI=1S/C15H20N4O2/c1-11(2)17-14(20)9-16-10-15-18-13(19-21-15)8-12-6-4-3-5-7-12/h3-7,11,16H,8-10H2,1-2H3,(H,17,20). The number of carbonyl (C=O) groups excluding carboxylic acids is 1. The lowest BCUT2D eigenvalue weighted by atomic mass is 10.1. The molecule has 1 aromatic heterocycles. The van der Waals surface area contributed by atoms with E-state index in [1.165, 1.54) is 0 Å². The molecule has 0 atom stereocenters. The average molecular weight is 288 g/mol. The molecule has 0 radical (unpaired) electrons. The Labute approximate surface area is 123 Å². The van der Waals surface area contributed by atoms with Crippen molar-refractivity contribution in [1.29, 1.82) is 0 Å². The number of carbonyl (C=O) groups is 1. The van der Waals surface area contributed by atoms with Gasteiger partial charge in [0.25, 0.3) is 0 Å². The van der Waals surface area contributed by atoms with Crippen LogP contribution in [0.4, 0.5) is 0 Å². The first-order valence-corrected chi connectivity index (χ1v) is 6.99. The third-order valence-electron chi connectivity index (χ3n) is 2.73. The van der Waals surface area contributed by atoms with Crippen molar-refractivity contribution in [3.63, 3.8) is 0 Å². The first kappa shape index (κ1) is 15.2. The largest absolute Gasteiger partial charge is 0.353 e. The van der Waals surface area contributed by atoms with E-state index in [0.29, 0.717) is 24.7 Å². The van der Waals surface area contributed by atoms with Gasteiger partial charge in [-0.05, 0) is 19.4 Å². The molecule has 1 aromatic carbocycles. The van der Waals surface area contributed by atoms with Gasteiger partial charge in [-0.15, -0.1) is 0 Å². The summed E-state index contributed by atoms with van der Waals surface area (Å²) in [6.07, 6.45) is 0.637. The number of aromatic nitrogens is 2. The summed E-state index contributed by atoms with van der Waals surface area (Å²) in [5.74, 6) is 1.08. The summed E-state index contributed by atoms with van der Waals surface area (Å²) < 4.78 is 5.14. The summed E-state index contributed by atoms with van der Waals surface area (Å²) >= 11 is 0. The Morgan fingerprint density at radius 2 is 2.05 bits per heavy atom. The van der Waals surface area contributed by atoms with Crippen molar-refractivity contribution in [2.24, 2.45) is 0 Å². The fourth-order valence-corrected chi connectivity index (χ4v) is 1.87. The van der Waals surface area contributed by atoms with Crippen LogP contribution in [0.1, 0.15) is 31.1 Å². The monoisotopic (exact) mass is 288 g/mol. The second-order valence-corrected chi connectivity index (χ2v) is 5.09. The van der Waals surface area contributed by atoms with Crippen molar-refractivity contribution < 1.29 is 9.32 Å². The second-order valence-electron chi connectivity index (χ2n) is 5.09. The Balaban J connectivity index is 1.77. The zero-order chi connectivity index (χ0) is 15.1. The Kier molecular flexibility index (Phi) is 5.45. The van der Waals surface area contributed by atoms with Crippen LogP contribution in [-0.4, -0.2) is 28.6 Å². The van der Waals surface area contributed by atoms with E-state index in [9.17, 15) is 4.79 Å². The van der Waals surface area contributed by atoms with Crippen LogP contribution in [-0.2, 0) is 17.8 Å². The number of hydrogen-bond donors (Lipinski definition) is 2. The van der Waals surface area contributed by atoms with Crippen molar-refractivity contribution in [3.8, 4) is 0 Å². The van der Waals surface area contributed by atoms with Gasteiger partial charge in [-0.25, -0.2) is 0 Å². The number of benzene rings is 1. The van der Waals surface area contributed by atoms with Crippen LogP contribution in [0.5, 0.6) is 0 Å². The van der Waals surface area contributed by atoms with Crippen LogP contribution in [0.3, 0.4) is 0 Å². The van der Waals surface area contributed by atoms with Gasteiger partial charge in [0.15, 0.2) is 5.82 Å². The van der Waals surface area contributed by atoms with Crippen LogP contribution in [0, 0.1) is 0 Å². The van der Waals surface area contributed by atoms with E-state index < -0.39 is 0 Å². The summed E-state index contributed by atoms with van der Waals surface area (Å²) in [6, 6.07) is 10.1. The molecular formula is C15H20N4O2. The lowest BCUT2D eigenvalue weighted by Crippen LogP contribution is -2.37. The van der Waals surface area contributed by atoms with Crippen LogP contribution in [0.25, 0.3) is 0 Å². The predicted octanol–water partition coefficient (Wildman–Crippen LogP) is 1.27. The van der Waals surface area contributed by atoms with E-state index >= 15 is 0 Å². The van der Waals surface area contributed by atoms with Gasteiger partial charge in [0.05, 0.1) is 13.1 Å². The normalized spacial score (nSPS) is 10.8. The highest BCUT2D eigenvalue weighted by Gasteiger charge is 2.08. The molecule has 0 aliphatic rings. The Morgan fingerprint density at radius 1 is 1.29 bits per heavy atom. The van der Waals surface area contributed by atoms with Crippen molar-refractivity contribution in [3.05, 3.63) is 47.6 Å². The van der Waals surface area contributed by atoms with Crippen LogP contribution >= 0.6 is 0 Å². The summed E-state index contributed by atoms with van der Waals surface area (Å²) in [5, 5.41) is 9.71. The van der Waals surface area contributed by atoms with Gasteiger partial charge in [-0.3, -0.25) is 10.1 Å². The molecule has 0 aliphatic carbocycles. The van der Waals surface area contributed by atoms with Gasteiger partial charge in [0.1, 0.15) is 0 Å². The quantitative estimate of drug-likeness (QED) is 0.802. The molecule has 0 bridgehead atoms. The molecule has 112 valence electrons. The maximum atomic E-state index is 11.4. The van der Waals surface area contributed by atoms with Gasteiger partial charge in [0.2, 0.25) is 11.8 Å². The fraction of sp³-hybridized carbons (Fsp3) is 0.400. The van der Waals surface area contributed by atoms with E-state index in [2.05, 4.69) is 20.8 Å². The molecule has 2 rings (SSSR count). The highest BCUT2D eigenvalue weighted by atomic mass is 16.5. The van der Waals surface area contributed by atoms with Crippen LogP contribution in [0.15, 0.2) is 34.9 Å². The number of nitrogens with zero attached hydrogens (tertiary/aromatic N) is 2. The fourth-order valence-electron chi connectivity index (χ4n) is 1.87. The molecule has 2 N–H and O–H groups in total. The maximum Gasteiger partial charge on any atom is 0.240 e. The molecule has 6 nitrogen and oxygen atoms in total. The topological polar surface area (TPSA) is 80.0 Å². The second kappa shape index (κ2) is 7.54. The molecule has 0 spiro atoms. The molecule has 21 heavy (non-hydrogen) atoms. The van der Waals surface area contributed by atoms with E-state index in [-0.39, 0.29) is 18.5 Å². The third-order valence-corrected chi connectivity index (χ3v) is 2.73. The zero-order valence-electron chi connectivity index (χ0n) is 12.3. The van der Waals surface area contributed by atoms with Gasteiger partial charge in [-0.2, -0.15) is 4.98 Å². The number of rotatable bonds is 7. The minimum Gasteiger partial charge on any atom is -0.353 e. The first-order valence-electron chi connectivity index (χ1n) is 6.99. The Hall–Kier alpha value is -2.21. The van der Waals surface area contributed by atoms with Crippen molar-refractivity contribution in [2.45, 2.75) is 32.9 Å². The molecule has 2 aromatic rings.